The number of carbonyl (C=O) groups excluding carboxylic acids is 2. The number of hydrogen-bond acceptors (Lipinski definition) is 4. The van der Waals surface area contributed by atoms with Crippen molar-refractivity contribution in [1.29, 1.82) is 0 Å². The van der Waals surface area contributed by atoms with Crippen LogP contribution in [0, 0.1) is 17.8 Å². The molecule has 1 aliphatic carbocycles. The van der Waals surface area contributed by atoms with Crippen LogP contribution in [0.3, 0.4) is 0 Å². The number of Topliss-reactive ketones (excluding diaryl/α,β-unsaturated/α-hetero) is 1. The smallest absolute Gasteiger partial charge is 0.310 e. The van der Waals surface area contributed by atoms with Crippen molar-refractivity contribution in [3.63, 3.8) is 0 Å². The minimum atomic E-state index is -0.255. The van der Waals surface area contributed by atoms with E-state index in [1.165, 1.54) is 7.11 Å². The second kappa shape index (κ2) is 7.94. The van der Waals surface area contributed by atoms with Crippen LogP contribution in [0.25, 0.3) is 10.9 Å². The zero-order valence-corrected chi connectivity index (χ0v) is 18.0. The molecule has 2 bridgehead atoms. The average molecular weight is 397 g/mol. The van der Waals surface area contributed by atoms with Crippen LogP contribution in [0.4, 0.5) is 0 Å². The van der Waals surface area contributed by atoms with Gasteiger partial charge in [-0.05, 0) is 43.4 Å². The van der Waals surface area contributed by atoms with Gasteiger partial charge in [-0.1, -0.05) is 38.5 Å². The van der Waals surface area contributed by atoms with Gasteiger partial charge in [0.2, 0.25) is 0 Å². The van der Waals surface area contributed by atoms with Crippen LogP contribution in [0.1, 0.15) is 49.2 Å². The highest BCUT2D eigenvalue weighted by Crippen LogP contribution is 2.43. The molecule has 2 heterocycles. The Morgan fingerprint density at radius 1 is 1.21 bits per heavy atom. The van der Waals surface area contributed by atoms with Gasteiger partial charge in [0, 0.05) is 36.5 Å². The van der Waals surface area contributed by atoms with E-state index in [4.69, 9.17) is 4.74 Å². The molecule has 2 aliphatic rings. The van der Waals surface area contributed by atoms with Gasteiger partial charge in [-0.2, -0.15) is 0 Å². The van der Waals surface area contributed by atoms with Gasteiger partial charge in [0.15, 0.2) is 5.78 Å². The Morgan fingerprint density at radius 3 is 2.66 bits per heavy atom. The number of methoxy groups -OCH3 is 1. The van der Waals surface area contributed by atoms with Crippen LogP contribution >= 0.6 is 0 Å². The quantitative estimate of drug-likeness (QED) is 0.735. The Hall–Kier alpha value is -2.14. The van der Waals surface area contributed by atoms with Crippen molar-refractivity contribution in [2.45, 2.75) is 52.1 Å². The highest BCUT2D eigenvalue weighted by molar-refractivity contribution is 6.03. The van der Waals surface area contributed by atoms with E-state index in [0.29, 0.717) is 18.8 Å². The third-order valence-corrected chi connectivity index (χ3v) is 7.19. The van der Waals surface area contributed by atoms with E-state index in [0.717, 1.165) is 48.1 Å². The molecule has 4 rings (SSSR count). The molecule has 0 amide bonds. The molecule has 0 saturated carbocycles. The topological polar surface area (TPSA) is 51.5 Å². The van der Waals surface area contributed by atoms with E-state index in [1.807, 2.05) is 12.1 Å². The monoisotopic (exact) mass is 396 g/mol. The highest BCUT2D eigenvalue weighted by atomic mass is 16.5. The minimum Gasteiger partial charge on any atom is -0.469 e. The summed E-state index contributed by atoms with van der Waals surface area (Å²) in [6.45, 7) is 6.08. The molecule has 5 nitrogen and oxygen atoms in total. The van der Waals surface area contributed by atoms with Crippen molar-refractivity contribution >= 4 is 22.7 Å². The highest BCUT2D eigenvalue weighted by Gasteiger charge is 2.48. The molecule has 1 saturated heterocycles. The number of benzene rings is 1. The van der Waals surface area contributed by atoms with Crippen LogP contribution in [0.5, 0.6) is 0 Å². The van der Waals surface area contributed by atoms with E-state index in [-0.39, 0.29) is 29.6 Å². The van der Waals surface area contributed by atoms with Gasteiger partial charge >= 0.3 is 5.97 Å². The third-order valence-electron chi connectivity index (χ3n) is 7.19. The van der Waals surface area contributed by atoms with Crippen molar-refractivity contribution in [3.05, 3.63) is 35.5 Å². The Kier molecular flexibility index (Phi) is 5.52. The fourth-order valence-electron chi connectivity index (χ4n) is 5.85. The van der Waals surface area contributed by atoms with Crippen LogP contribution in [-0.2, 0) is 22.5 Å². The van der Waals surface area contributed by atoms with E-state index >= 15 is 0 Å². The number of carbonyl (C=O) groups is 2. The lowest BCUT2D eigenvalue weighted by Gasteiger charge is -2.48. The summed E-state index contributed by atoms with van der Waals surface area (Å²) in [4.78, 5) is 28.8. The first-order chi connectivity index (χ1) is 14.0. The summed E-state index contributed by atoms with van der Waals surface area (Å²) in [7, 11) is 3.59. The predicted molar refractivity (Wildman–Crippen MR) is 114 cm³/mol. The first-order valence-electron chi connectivity index (χ1n) is 10.9. The Balaban J connectivity index is 1.93. The number of hydrogen-bond donors (Lipinski definition) is 0. The predicted octanol–water partition coefficient (Wildman–Crippen LogP) is 3.93. The molecule has 1 aliphatic heterocycles. The lowest BCUT2D eigenvalue weighted by molar-refractivity contribution is -0.154. The van der Waals surface area contributed by atoms with Gasteiger partial charge in [-0.3, -0.25) is 9.59 Å². The summed E-state index contributed by atoms with van der Waals surface area (Å²) in [5.74, 6) is 0.134. The standard InChI is InChI=1S/C24H32N2O3/c1-5-11-26-19-10-8-7-9-16(19)18-12-20-22(24(28)29-4)17(13-21(27)23(18)26)15(6-2)14-25(20)3/h7-10,15,17,20,22H,5-6,11-14H2,1-4H3/t15-,17-,20+,22?/m1/s1. The van der Waals surface area contributed by atoms with Gasteiger partial charge in [-0.15, -0.1) is 0 Å². The molecule has 4 atom stereocenters. The molecule has 1 aromatic carbocycles. The maximum absolute atomic E-state index is 13.6. The van der Waals surface area contributed by atoms with Gasteiger partial charge in [0.1, 0.15) is 0 Å². The number of ketones is 1. The molecule has 29 heavy (non-hydrogen) atoms. The number of nitrogens with zero attached hydrogens (tertiary/aromatic N) is 2. The number of ether oxygens (including phenoxy) is 1. The molecule has 5 heteroatoms. The Bertz CT molecular complexity index is 932. The second-order valence-corrected chi connectivity index (χ2v) is 8.72. The second-order valence-electron chi connectivity index (χ2n) is 8.72. The lowest BCUT2D eigenvalue weighted by atomic mass is 9.67. The number of likely N-dealkylation sites (tertiary alicyclic amines) is 1. The van der Waals surface area contributed by atoms with Crippen LogP contribution in [-0.4, -0.2) is 48.0 Å². The summed E-state index contributed by atoms with van der Waals surface area (Å²) in [5.41, 5.74) is 3.11. The molecule has 0 radical (unpaired) electrons. The zero-order chi connectivity index (χ0) is 20.7. The van der Waals surface area contributed by atoms with Crippen LogP contribution in [0.15, 0.2) is 24.3 Å². The van der Waals surface area contributed by atoms with Gasteiger partial charge in [0.25, 0.3) is 0 Å². The minimum absolute atomic E-state index is 0.0439. The summed E-state index contributed by atoms with van der Waals surface area (Å²) in [6, 6.07) is 8.38. The van der Waals surface area contributed by atoms with Crippen LogP contribution in [0.2, 0.25) is 0 Å². The molecule has 0 N–H and O–H groups in total. The number of para-hydroxylation sites is 1. The number of aromatic nitrogens is 1. The van der Waals surface area contributed by atoms with E-state index < -0.39 is 0 Å². The summed E-state index contributed by atoms with van der Waals surface area (Å²) in [5, 5.41) is 1.15. The normalized spacial score (nSPS) is 27.4. The molecule has 1 unspecified atom stereocenters. The van der Waals surface area contributed by atoms with Crippen LogP contribution < -0.4 is 0 Å². The number of rotatable bonds is 4. The molecular weight excluding hydrogens is 364 g/mol. The Labute approximate surface area is 173 Å². The maximum atomic E-state index is 13.6. The summed E-state index contributed by atoms with van der Waals surface area (Å²) >= 11 is 0. The number of fused-ring (bicyclic) bond motifs is 5. The van der Waals surface area contributed by atoms with E-state index in [9.17, 15) is 9.59 Å². The van der Waals surface area contributed by atoms with Gasteiger partial charge < -0.3 is 14.2 Å². The fourth-order valence-corrected chi connectivity index (χ4v) is 5.85. The van der Waals surface area contributed by atoms with Gasteiger partial charge in [0.05, 0.1) is 18.7 Å². The Morgan fingerprint density at radius 2 is 1.97 bits per heavy atom. The average Bonchev–Trinajstić information content (AvgIpc) is 3.02. The molecule has 1 aromatic heterocycles. The molecule has 2 aromatic rings. The summed E-state index contributed by atoms with van der Waals surface area (Å²) in [6.07, 6.45) is 3.08. The molecular formula is C24H32N2O3. The van der Waals surface area contributed by atoms with Crippen molar-refractivity contribution in [1.82, 2.24) is 9.47 Å². The zero-order valence-electron chi connectivity index (χ0n) is 18.0. The third kappa shape index (κ3) is 3.20. The van der Waals surface area contributed by atoms with Crippen molar-refractivity contribution < 1.29 is 14.3 Å². The summed E-state index contributed by atoms with van der Waals surface area (Å²) < 4.78 is 7.46. The molecule has 156 valence electrons. The van der Waals surface area contributed by atoms with E-state index in [2.05, 4.69) is 42.5 Å². The number of esters is 1. The first kappa shape index (κ1) is 20.1. The largest absolute Gasteiger partial charge is 0.469 e. The fraction of sp³-hybridized carbons (Fsp3) is 0.583. The van der Waals surface area contributed by atoms with E-state index in [1.54, 1.807) is 0 Å². The first-order valence-corrected chi connectivity index (χ1v) is 10.9. The van der Waals surface area contributed by atoms with Gasteiger partial charge in [-0.25, -0.2) is 0 Å². The SMILES string of the molecule is CCCn1c2c(c3ccccc31)C[C@H]1C(C(=O)OC)[C@H](CC2=O)[C@H](CC)CN1C. The number of piperidine rings is 1. The number of aryl methyl sites for hydroxylation is 1. The number of likely N-dealkylation sites (N-methyl/N-ethyl adjacent to an activating group) is 1. The van der Waals surface area contributed by atoms with Crippen molar-refractivity contribution in [3.8, 4) is 0 Å². The van der Waals surface area contributed by atoms with Crippen molar-refractivity contribution in [2.75, 3.05) is 20.7 Å². The van der Waals surface area contributed by atoms with Crippen molar-refractivity contribution in [2.24, 2.45) is 17.8 Å². The molecule has 0 spiro atoms. The lowest BCUT2D eigenvalue weighted by Crippen LogP contribution is -2.56. The molecule has 1 fully saturated rings. The maximum Gasteiger partial charge on any atom is 0.310 e.